The molecule has 23 heavy (non-hydrogen) atoms. The van der Waals surface area contributed by atoms with Gasteiger partial charge in [0, 0.05) is 24.3 Å². The molecule has 1 aromatic carbocycles. The maximum Gasteiger partial charge on any atom is 0.410 e. The van der Waals surface area contributed by atoms with Gasteiger partial charge in [-0.25, -0.2) is 9.18 Å². The molecule has 0 radical (unpaired) electrons. The number of rotatable bonds is 4. The summed E-state index contributed by atoms with van der Waals surface area (Å²) in [7, 11) is 0. The highest BCUT2D eigenvalue weighted by molar-refractivity contribution is 5.69. The molecule has 0 bridgehead atoms. The van der Waals surface area contributed by atoms with Crippen LogP contribution < -0.4 is 5.32 Å². The minimum atomic E-state index is -0.535. The van der Waals surface area contributed by atoms with E-state index in [1.807, 2.05) is 48.5 Å². The lowest BCUT2D eigenvalue weighted by Crippen LogP contribution is -2.49. The number of nitrogens with zero attached hydrogens (tertiary/aromatic N) is 1. The Labute approximate surface area is 139 Å². The molecule has 0 unspecified atom stereocenters. The highest BCUT2D eigenvalue weighted by atomic mass is 19.1. The SMILES string of the molecule is Cc1ccc(F)cc1NCCN(C(=O)OC(C)(C)C)C(C)(C)C. The van der Waals surface area contributed by atoms with Crippen LogP contribution in [0.5, 0.6) is 0 Å². The third kappa shape index (κ3) is 6.47. The van der Waals surface area contributed by atoms with Crippen molar-refractivity contribution < 1.29 is 13.9 Å². The average molecular weight is 324 g/mol. The van der Waals surface area contributed by atoms with Crippen molar-refractivity contribution in [3.05, 3.63) is 29.6 Å². The molecule has 1 amide bonds. The monoisotopic (exact) mass is 324 g/mol. The minimum absolute atomic E-state index is 0.280. The molecule has 0 saturated carbocycles. The number of ether oxygens (including phenoxy) is 1. The molecule has 0 atom stereocenters. The Morgan fingerprint density at radius 2 is 1.83 bits per heavy atom. The standard InChI is InChI=1S/C18H29FN2O2/c1-13-8-9-14(19)12-15(13)20-10-11-21(17(2,3)4)16(22)23-18(5,6)7/h8-9,12,20H,10-11H2,1-7H3. The number of benzene rings is 1. The van der Waals surface area contributed by atoms with Gasteiger partial charge in [0.1, 0.15) is 11.4 Å². The van der Waals surface area contributed by atoms with Gasteiger partial charge in [-0.3, -0.25) is 0 Å². The van der Waals surface area contributed by atoms with Crippen molar-refractivity contribution in [2.24, 2.45) is 0 Å². The highest BCUT2D eigenvalue weighted by Crippen LogP contribution is 2.19. The van der Waals surface area contributed by atoms with Crippen molar-refractivity contribution in [1.29, 1.82) is 0 Å². The molecule has 0 heterocycles. The van der Waals surface area contributed by atoms with Gasteiger partial charge in [-0.15, -0.1) is 0 Å². The summed E-state index contributed by atoms with van der Waals surface area (Å²) in [6, 6.07) is 4.62. The summed E-state index contributed by atoms with van der Waals surface area (Å²) in [5.74, 6) is -0.280. The quantitative estimate of drug-likeness (QED) is 0.881. The van der Waals surface area contributed by atoms with Crippen LogP contribution in [0.4, 0.5) is 14.9 Å². The van der Waals surface area contributed by atoms with Gasteiger partial charge in [-0.05, 0) is 66.2 Å². The van der Waals surface area contributed by atoms with Crippen LogP contribution in [0.1, 0.15) is 47.1 Å². The van der Waals surface area contributed by atoms with Crippen molar-refractivity contribution in [2.45, 2.75) is 59.6 Å². The van der Waals surface area contributed by atoms with Gasteiger partial charge in [-0.1, -0.05) is 6.07 Å². The Hall–Kier alpha value is -1.78. The number of halogens is 1. The fourth-order valence-corrected chi connectivity index (χ4v) is 2.10. The minimum Gasteiger partial charge on any atom is -0.444 e. The Kier molecular flexibility index (Phi) is 6.03. The van der Waals surface area contributed by atoms with E-state index in [0.29, 0.717) is 13.1 Å². The van der Waals surface area contributed by atoms with Crippen molar-refractivity contribution >= 4 is 11.8 Å². The molecule has 1 aromatic rings. The lowest BCUT2D eigenvalue weighted by molar-refractivity contribution is 0.00749. The van der Waals surface area contributed by atoms with Gasteiger partial charge in [0.25, 0.3) is 0 Å². The zero-order valence-electron chi connectivity index (χ0n) is 15.3. The Morgan fingerprint density at radius 3 is 2.35 bits per heavy atom. The average Bonchev–Trinajstić information content (AvgIpc) is 2.34. The normalized spacial score (nSPS) is 12.0. The van der Waals surface area contributed by atoms with Gasteiger partial charge in [0.2, 0.25) is 0 Å². The number of nitrogens with one attached hydrogen (secondary N) is 1. The van der Waals surface area contributed by atoms with Crippen LogP contribution in [0.2, 0.25) is 0 Å². The lowest BCUT2D eigenvalue weighted by atomic mass is 10.1. The number of anilines is 1. The third-order valence-electron chi connectivity index (χ3n) is 3.27. The fraction of sp³-hybridized carbons (Fsp3) is 0.611. The summed E-state index contributed by atoms with van der Waals surface area (Å²) in [6.07, 6.45) is -0.345. The first-order valence-electron chi connectivity index (χ1n) is 7.91. The van der Waals surface area contributed by atoms with Crippen LogP contribution in [0.15, 0.2) is 18.2 Å². The van der Waals surface area contributed by atoms with Crippen LogP contribution in [-0.4, -0.2) is 35.2 Å². The van der Waals surface area contributed by atoms with Crippen molar-refractivity contribution in [1.82, 2.24) is 4.90 Å². The number of aryl methyl sites for hydroxylation is 1. The Balaban J connectivity index is 2.72. The molecule has 0 aliphatic heterocycles. The summed E-state index contributed by atoms with van der Waals surface area (Å²) in [6.45, 7) is 14.3. The van der Waals surface area contributed by atoms with Crippen molar-refractivity contribution in [3.8, 4) is 0 Å². The largest absolute Gasteiger partial charge is 0.444 e. The number of carbonyl (C=O) groups is 1. The van der Waals surface area contributed by atoms with E-state index in [0.717, 1.165) is 11.3 Å². The van der Waals surface area contributed by atoms with Gasteiger partial charge >= 0.3 is 6.09 Å². The van der Waals surface area contributed by atoms with E-state index in [1.54, 1.807) is 11.0 Å². The Bertz CT molecular complexity index is 545. The molecule has 0 aromatic heterocycles. The van der Waals surface area contributed by atoms with Gasteiger partial charge < -0.3 is 15.0 Å². The van der Waals surface area contributed by atoms with E-state index in [-0.39, 0.29) is 17.4 Å². The molecule has 0 saturated heterocycles. The summed E-state index contributed by atoms with van der Waals surface area (Å²) in [4.78, 5) is 14.1. The van der Waals surface area contributed by atoms with E-state index in [4.69, 9.17) is 4.74 Å². The number of hydrogen-bond donors (Lipinski definition) is 1. The third-order valence-corrected chi connectivity index (χ3v) is 3.27. The first-order chi connectivity index (χ1) is 10.4. The predicted octanol–water partition coefficient (Wildman–Crippen LogP) is 4.58. The molecule has 1 rings (SSSR count). The number of carbonyl (C=O) groups excluding carboxylic acids is 1. The van der Waals surface area contributed by atoms with Crippen LogP contribution in [-0.2, 0) is 4.74 Å². The topological polar surface area (TPSA) is 41.6 Å². The molecule has 0 fully saturated rings. The zero-order chi connectivity index (χ0) is 17.8. The molecule has 130 valence electrons. The second-order valence-corrected chi connectivity index (χ2v) is 7.69. The summed E-state index contributed by atoms with van der Waals surface area (Å²) in [5, 5.41) is 3.18. The second-order valence-electron chi connectivity index (χ2n) is 7.69. The van der Waals surface area contributed by atoms with Crippen LogP contribution >= 0.6 is 0 Å². The van der Waals surface area contributed by atoms with Crippen LogP contribution in [0, 0.1) is 12.7 Å². The zero-order valence-corrected chi connectivity index (χ0v) is 15.3. The van der Waals surface area contributed by atoms with Crippen molar-refractivity contribution in [3.63, 3.8) is 0 Å². The molecular weight excluding hydrogens is 295 g/mol. The molecule has 0 aliphatic rings. The first kappa shape index (κ1) is 19.3. The molecule has 0 spiro atoms. The maximum atomic E-state index is 13.3. The maximum absolute atomic E-state index is 13.3. The summed E-state index contributed by atoms with van der Waals surface area (Å²) < 4.78 is 18.8. The molecule has 0 aliphatic carbocycles. The molecule has 1 N–H and O–H groups in total. The van der Waals surface area contributed by atoms with Gasteiger partial charge in [-0.2, -0.15) is 0 Å². The van der Waals surface area contributed by atoms with E-state index >= 15 is 0 Å². The number of amides is 1. The van der Waals surface area contributed by atoms with Gasteiger partial charge in [0.15, 0.2) is 0 Å². The van der Waals surface area contributed by atoms with Gasteiger partial charge in [0.05, 0.1) is 0 Å². The second kappa shape index (κ2) is 7.20. The Morgan fingerprint density at radius 1 is 1.22 bits per heavy atom. The van der Waals surface area contributed by atoms with E-state index in [1.165, 1.54) is 12.1 Å². The van der Waals surface area contributed by atoms with Crippen LogP contribution in [0.25, 0.3) is 0 Å². The fourth-order valence-electron chi connectivity index (χ4n) is 2.10. The summed E-state index contributed by atoms with van der Waals surface area (Å²) >= 11 is 0. The van der Waals surface area contributed by atoms with Crippen LogP contribution in [0.3, 0.4) is 0 Å². The highest BCUT2D eigenvalue weighted by Gasteiger charge is 2.30. The predicted molar refractivity (Wildman–Crippen MR) is 92.3 cm³/mol. The molecular formula is C18H29FN2O2. The van der Waals surface area contributed by atoms with E-state index in [2.05, 4.69) is 5.32 Å². The molecule has 5 heteroatoms. The summed E-state index contributed by atoms with van der Waals surface area (Å²) in [5.41, 5.74) is 0.808. The lowest BCUT2D eigenvalue weighted by Gasteiger charge is -2.37. The molecule has 4 nitrogen and oxygen atoms in total. The number of hydrogen-bond acceptors (Lipinski definition) is 3. The van der Waals surface area contributed by atoms with Crippen molar-refractivity contribution in [2.75, 3.05) is 18.4 Å². The first-order valence-corrected chi connectivity index (χ1v) is 7.91. The van der Waals surface area contributed by atoms with E-state index in [9.17, 15) is 9.18 Å². The van der Waals surface area contributed by atoms with E-state index < -0.39 is 5.60 Å². The smallest absolute Gasteiger partial charge is 0.410 e.